The van der Waals surface area contributed by atoms with Crippen LogP contribution in [-0.4, -0.2) is 2.57 Å². The molecular formula is C12H8Br2S3. The first-order chi connectivity index (χ1) is 8.14. The Hall–Kier alpha value is 0.450. The Balaban J connectivity index is 1.85. The van der Waals surface area contributed by atoms with Gasteiger partial charge in [0.15, 0.2) is 0 Å². The van der Waals surface area contributed by atoms with Crippen molar-refractivity contribution in [3.8, 4) is 9.75 Å². The summed E-state index contributed by atoms with van der Waals surface area (Å²) in [5, 5.41) is 2.58. The summed E-state index contributed by atoms with van der Waals surface area (Å²) in [5.74, 6) is 0. The van der Waals surface area contributed by atoms with Crippen LogP contribution >= 0.6 is 66.3 Å². The van der Waals surface area contributed by atoms with Gasteiger partial charge >= 0.3 is 0 Å². The third-order valence-corrected chi connectivity index (χ3v) is 7.57. The molecule has 1 atom stereocenters. The maximum Gasteiger partial charge on any atom is 0.144 e. The molecule has 0 N–H and O–H groups in total. The van der Waals surface area contributed by atoms with Gasteiger partial charge in [-0.05, 0) is 29.7 Å². The predicted octanol–water partition coefficient (Wildman–Crippen LogP) is 6.26. The highest BCUT2D eigenvalue weighted by atomic mass is 79.9. The van der Waals surface area contributed by atoms with E-state index in [-0.39, 0.29) is 2.57 Å². The van der Waals surface area contributed by atoms with Crippen LogP contribution in [0.1, 0.15) is 10.1 Å². The van der Waals surface area contributed by atoms with Crippen LogP contribution in [0, 0.1) is 0 Å². The van der Waals surface area contributed by atoms with Gasteiger partial charge in [0, 0.05) is 14.6 Å². The van der Waals surface area contributed by atoms with Crippen LogP contribution in [0.5, 0.6) is 0 Å². The van der Waals surface area contributed by atoms with Gasteiger partial charge in [0.25, 0.3) is 0 Å². The second kappa shape index (κ2) is 4.85. The van der Waals surface area contributed by atoms with Crippen molar-refractivity contribution in [2.75, 3.05) is 0 Å². The van der Waals surface area contributed by atoms with Crippen LogP contribution in [0.4, 0.5) is 0 Å². The topological polar surface area (TPSA) is 0 Å². The standard InChI is InChI=1S/C12H8Br2S3/c13-12(14)6-5-11(17-12)10-4-3-9(16-10)8-2-1-7-15-8/h1-7,11H. The fourth-order valence-corrected chi connectivity index (χ4v) is 6.11. The Morgan fingerprint density at radius 3 is 2.65 bits per heavy atom. The Morgan fingerprint density at radius 1 is 1.12 bits per heavy atom. The van der Waals surface area contributed by atoms with E-state index in [0.717, 1.165) is 0 Å². The number of halogens is 2. The SMILES string of the molecule is BrC1(Br)C=CC(c2ccc(-c3cccs3)s2)S1. The summed E-state index contributed by atoms with van der Waals surface area (Å²) >= 11 is 12.8. The number of thiophene rings is 2. The number of hydrogen-bond donors (Lipinski definition) is 0. The molecule has 0 amide bonds. The van der Waals surface area contributed by atoms with Gasteiger partial charge in [0.2, 0.25) is 0 Å². The Morgan fingerprint density at radius 2 is 2.00 bits per heavy atom. The van der Waals surface area contributed by atoms with Crippen molar-refractivity contribution in [3.63, 3.8) is 0 Å². The molecule has 1 aliphatic heterocycles. The summed E-state index contributed by atoms with van der Waals surface area (Å²) < 4.78 is -0.0856. The van der Waals surface area contributed by atoms with Crippen molar-refractivity contribution in [3.05, 3.63) is 46.7 Å². The second-order valence-electron chi connectivity index (χ2n) is 3.64. The second-order valence-corrected chi connectivity index (χ2v) is 11.7. The van der Waals surface area contributed by atoms with E-state index in [2.05, 4.69) is 73.7 Å². The Bertz CT molecular complexity index is 540. The van der Waals surface area contributed by atoms with Gasteiger partial charge in [-0.3, -0.25) is 0 Å². The predicted molar refractivity (Wildman–Crippen MR) is 87.7 cm³/mol. The average molecular weight is 408 g/mol. The molecule has 2 aromatic heterocycles. The summed E-state index contributed by atoms with van der Waals surface area (Å²) in [6, 6.07) is 8.74. The Kier molecular flexibility index (Phi) is 3.56. The summed E-state index contributed by atoms with van der Waals surface area (Å²) in [6.07, 6.45) is 4.41. The molecule has 0 spiro atoms. The van der Waals surface area contributed by atoms with Crippen molar-refractivity contribution in [2.24, 2.45) is 0 Å². The van der Waals surface area contributed by atoms with Crippen molar-refractivity contribution in [1.29, 1.82) is 0 Å². The smallest absolute Gasteiger partial charge is 0.143 e. The highest BCUT2D eigenvalue weighted by Gasteiger charge is 2.31. The largest absolute Gasteiger partial charge is 0.144 e. The minimum atomic E-state index is -0.0856. The monoisotopic (exact) mass is 406 g/mol. The van der Waals surface area contributed by atoms with Gasteiger partial charge in [-0.1, -0.05) is 44.0 Å². The zero-order valence-corrected chi connectivity index (χ0v) is 14.2. The molecule has 2 aromatic rings. The highest BCUT2D eigenvalue weighted by molar-refractivity contribution is 9.28. The minimum absolute atomic E-state index is 0.0856. The molecule has 0 aromatic carbocycles. The molecule has 3 rings (SSSR count). The molecule has 1 unspecified atom stereocenters. The molecule has 0 aliphatic carbocycles. The summed E-state index contributed by atoms with van der Waals surface area (Å²) in [5.41, 5.74) is 0. The first-order valence-corrected chi connectivity index (χ1v) is 9.19. The Labute approximate surface area is 129 Å². The summed E-state index contributed by atoms with van der Waals surface area (Å²) in [6.45, 7) is 0. The molecule has 0 bridgehead atoms. The van der Waals surface area contributed by atoms with Gasteiger partial charge in [0.05, 0.1) is 5.25 Å². The normalized spacial score (nSPS) is 22.1. The lowest BCUT2D eigenvalue weighted by Gasteiger charge is -2.12. The van der Waals surface area contributed by atoms with E-state index in [1.165, 1.54) is 14.6 Å². The summed E-state index contributed by atoms with van der Waals surface area (Å²) in [7, 11) is 0. The van der Waals surface area contributed by atoms with Crippen LogP contribution in [0.25, 0.3) is 9.75 Å². The highest BCUT2D eigenvalue weighted by Crippen LogP contribution is 2.55. The number of thioether (sulfide) groups is 1. The zero-order valence-electron chi connectivity index (χ0n) is 8.60. The fourth-order valence-electron chi connectivity index (χ4n) is 1.66. The van der Waals surface area contributed by atoms with E-state index in [1.54, 1.807) is 11.3 Å². The van der Waals surface area contributed by atoms with E-state index in [1.807, 2.05) is 23.1 Å². The van der Waals surface area contributed by atoms with Crippen molar-refractivity contribution < 1.29 is 0 Å². The van der Waals surface area contributed by atoms with Crippen molar-refractivity contribution in [1.82, 2.24) is 0 Å². The van der Waals surface area contributed by atoms with Crippen LogP contribution in [0.3, 0.4) is 0 Å². The molecular weight excluding hydrogens is 400 g/mol. The molecule has 3 heterocycles. The van der Waals surface area contributed by atoms with E-state index >= 15 is 0 Å². The molecule has 5 heteroatoms. The van der Waals surface area contributed by atoms with Crippen LogP contribution in [-0.2, 0) is 0 Å². The third kappa shape index (κ3) is 2.73. The molecule has 17 heavy (non-hydrogen) atoms. The maximum atomic E-state index is 3.63. The minimum Gasteiger partial charge on any atom is -0.143 e. The molecule has 0 nitrogen and oxygen atoms in total. The van der Waals surface area contributed by atoms with E-state index in [9.17, 15) is 0 Å². The lowest BCUT2D eigenvalue weighted by molar-refractivity contribution is 1.32. The first-order valence-electron chi connectivity index (χ1n) is 5.03. The molecule has 0 saturated heterocycles. The lowest BCUT2D eigenvalue weighted by Crippen LogP contribution is -1.94. The first kappa shape index (κ1) is 12.5. The summed E-state index contributed by atoms with van der Waals surface area (Å²) in [4.78, 5) is 4.14. The zero-order chi connectivity index (χ0) is 11.9. The molecule has 0 fully saturated rings. The number of rotatable bonds is 2. The number of alkyl halides is 2. The van der Waals surface area contributed by atoms with E-state index < -0.39 is 0 Å². The van der Waals surface area contributed by atoms with Crippen molar-refractivity contribution >= 4 is 66.3 Å². The molecule has 88 valence electrons. The van der Waals surface area contributed by atoms with Gasteiger partial charge in [0.1, 0.15) is 2.57 Å². The maximum absolute atomic E-state index is 3.63. The van der Waals surface area contributed by atoms with E-state index in [0.29, 0.717) is 5.25 Å². The molecule has 0 radical (unpaired) electrons. The van der Waals surface area contributed by atoms with Gasteiger partial charge in [-0.2, -0.15) is 0 Å². The lowest BCUT2D eigenvalue weighted by atomic mass is 10.3. The molecule has 1 aliphatic rings. The quantitative estimate of drug-likeness (QED) is 0.417. The molecule has 0 saturated carbocycles. The number of hydrogen-bond acceptors (Lipinski definition) is 3. The van der Waals surface area contributed by atoms with Crippen LogP contribution in [0.2, 0.25) is 0 Å². The van der Waals surface area contributed by atoms with Gasteiger partial charge in [-0.15, -0.1) is 34.4 Å². The van der Waals surface area contributed by atoms with Crippen LogP contribution < -0.4 is 0 Å². The average Bonchev–Trinajstić information content (AvgIpc) is 2.93. The van der Waals surface area contributed by atoms with Gasteiger partial charge in [-0.25, -0.2) is 0 Å². The van der Waals surface area contributed by atoms with Crippen molar-refractivity contribution in [2.45, 2.75) is 7.82 Å². The van der Waals surface area contributed by atoms with E-state index in [4.69, 9.17) is 0 Å². The van der Waals surface area contributed by atoms with Crippen LogP contribution in [0.15, 0.2) is 41.8 Å². The fraction of sp³-hybridized carbons (Fsp3) is 0.167. The third-order valence-electron chi connectivity index (χ3n) is 2.42. The van der Waals surface area contributed by atoms with Gasteiger partial charge < -0.3 is 0 Å².